The van der Waals surface area contributed by atoms with E-state index >= 15 is 0 Å². The number of amides is 1. The van der Waals surface area contributed by atoms with Crippen molar-refractivity contribution in [1.29, 1.82) is 0 Å². The van der Waals surface area contributed by atoms with Crippen molar-refractivity contribution in [2.45, 2.75) is 46.0 Å². The van der Waals surface area contributed by atoms with Gasteiger partial charge in [0.05, 0.1) is 6.61 Å². The molecule has 0 saturated carbocycles. The van der Waals surface area contributed by atoms with Crippen molar-refractivity contribution in [2.75, 3.05) is 32.8 Å². The Bertz CT molecular complexity index is 240. The smallest absolute Gasteiger partial charge is 0.220 e. The van der Waals surface area contributed by atoms with Gasteiger partial charge in [-0.3, -0.25) is 4.79 Å². The summed E-state index contributed by atoms with van der Waals surface area (Å²) in [5.41, 5.74) is 0. The number of hydrogen-bond acceptors (Lipinski definition) is 3. The van der Waals surface area contributed by atoms with Crippen LogP contribution in [-0.2, 0) is 9.53 Å². The van der Waals surface area contributed by atoms with Gasteiger partial charge < -0.3 is 15.4 Å². The maximum Gasteiger partial charge on any atom is 0.220 e. The Kier molecular flexibility index (Phi) is 8.84. The van der Waals surface area contributed by atoms with Crippen LogP contribution in [0.1, 0.15) is 46.0 Å². The highest BCUT2D eigenvalue weighted by atomic mass is 16.5. The number of hydrogen-bond donors (Lipinski definition) is 2. The third-order valence-electron chi connectivity index (χ3n) is 3.86. The lowest BCUT2D eigenvalue weighted by Crippen LogP contribution is -2.36. The lowest BCUT2D eigenvalue weighted by Gasteiger charge is -2.28. The van der Waals surface area contributed by atoms with Crippen LogP contribution in [-0.4, -0.2) is 38.8 Å². The molecule has 1 aliphatic heterocycles. The molecule has 4 heteroatoms. The summed E-state index contributed by atoms with van der Waals surface area (Å²) in [4.78, 5) is 11.8. The molecule has 0 radical (unpaired) electrons. The first-order chi connectivity index (χ1) is 9.24. The fourth-order valence-corrected chi connectivity index (χ4v) is 2.51. The number of nitrogens with one attached hydrogen (secondary N) is 2. The minimum absolute atomic E-state index is 0.164. The maximum atomic E-state index is 11.8. The Balaban J connectivity index is 2.02. The summed E-state index contributed by atoms with van der Waals surface area (Å²) in [6.45, 7) is 8.60. The topological polar surface area (TPSA) is 50.4 Å². The average molecular weight is 270 g/mol. The highest BCUT2D eigenvalue weighted by molar-refractivity contribution is 5.76. The molecule has 0 aromatic rings. The molecule has 1 saturated heterocycles. The van der Waals surface area contributed by atoms with Gasteiger partial charge in [0.25, 0.3) is 0 Å². The molecule has 2 atom stereocenters. The number of piperidine rings is 1. The Morgan fingerprint density at radius 1 is 1.47 bits per heavy atom. The lowest BCUT2D eigenvalue weighted by molar-refractivity contribution is -0.122. The van der Waals surface area contributed by atoms with Crippen molar-refractivity contribution >= 4 is 5.91 Å². The van der Waals surface area contributed by atoms with E-state index in [1.165, 1.54) is 12.8 Å². The van der Waals surface area contributed by atoms with Gasteiger partial charge in [-0.2, -0.15) is 0 Å². The molecule has 19 heavy (non-hydrogen) atoms. The predicted molar refractivity (Wildman–Crippen MR) is 78.1 cm³/mol. The summed E-state index contributed by atoms with van der Waals surface area (Å²) in [7, 11) is 0. The van der Waals surface area contributed by atoms with Crippen LogP contribution in [0.2, 0.25) is 0 Å². The number of unbranched alkanes of at least 4 members (excludes halogenated alkanes) is 1. The van der Waals surface area contributed by atoms with E-state index in [0.717, 1.165) is 32.5 Å². The van der Waals surface area contributed by atoms with Crippen LogP contribution in [0.3, 0.4) is 0 Å². The van der Waals surface area contributed by atoms with Gasteiger partial charge >= 0.3 is 0 Å². The zero-order valence-corrected chi connectivity index (χ0v) is 12.5. The van der Waals surface area contributed by atoms with E-state index in [9.17, 15) is 4.79 Å². The molecule has 0 bridgehead atoms. The van der Waals surface area contributed by atoms with Crippen LogP contribution >= 0.6 is 0 Å². The van der Waals surface area contributed by atoms with Crippen LogP contribution < -0.4 is 10.6 Å². The molecule has 0 aromatic heterocycles. The number of rotatable bonds is 9. The highest BCUT2D eigenvalue weighted by Gasteiger charge is 2.21. The molecule has 1 rings (SSSR count). The standard InChI is InChI=1S/C15H30N2O2/c1-3-4-9-19-10-8-17-15(18)11-13(2)14-6-5-7-16-12-14/h13-14,16H,3-12H2,1-2H3,(H,17,18). The number of carbonyl (C=O) groups is 1. The van der Waals surface area contributed by atoms with E-state index < -0.39 is 0 Å². The van der Waals surface area contributed by atoms with E-state index in [4.69, 9.17) is 4.74 Å². The monoisotopic (exact) mass is 270 g/mol. The minimum Gasteiger partial charge on any atom is -0.380 e. The van der Waals surface area contributed by atoms with Crippen molar-refractivity contribution in [3.8, 4) is 0 Å². The summed E-state index contributed by atoms with van der Waals surface area (Å²) < 4.78 is 5.42. The normalized spacial score (nSPS) is 21.1. The second kappa shape index (κ2) is 10.2. The van der Waals surface area contributed by atoms with Crippen LogP contribution in [0.25, 0.3) is 0 Å². The van der Waals surface area contributed by atoms with Crippen LogP contribution in [0.4, 0.5) is 0 Å². The third-order valence-corrected chi connectivity index (χ3v) is 3.86. The molecular weight excluding hydrogens is 240 g/mol. The predicted octanol–water partition coefficient (Wildman–Crippen LogP) is 1.95. The second-order valence-corrected chi connectivity index (χ2v) is 5.60. The summed E-state index contributed by atoms with van der Waals surface area (Å²) >= 11 is 0. The van der Waals surface area contributed by atoms with E-state index in [0.29, 0.717) is 31.4 Å². The number of ether oxygens (including phenoxy) is 1. The van der Waals surface area contributed by atoms with Crippen molar-refractivity contribution in [1.82, 2.24) is 10.6 Å². The summed E-state index contributed by atoms with van der Waals surface area (Å²) in [5.74, 6) is 1.28. The van der Waals surface area contributed by atoms with E-state index in [1.54, 1.807) is 0 Å². The minimum atomic E-state index is 0.164. The van der Waals surface area contributed by atoms with Gasteiger partial charge in [-0.1, -0.05) is 20.3 Å². The van der Waals surface area contributed by atoms with Gasteiger partial charge in [0, 0.05) is 19.6 Å². The van der Waals surface area contributed by atoms with Gasteiger partial charge in [-0.15, -0.1) is 0 Å². The van der Waals surface area contributed by atoms with Gasteiger partial charge in [0.15, 0.2) is 0 Å². The Labute approximate surface area is 117 Å². The summed E-state index contributed by atoms with van der Waals surface area (Å²) in [5, 5.41) is 6.35. The molecule has 4 nitrogen and oxygen atoms in total. The maximum absolute atomic E-state index is 11.8. The lowest BCUT2D eigenvalue weighted by atomic mass is 9.85. The SMILES string of the molecule is CCCCOCCNC(=O)CC(C)C1CCCNC1. The van der Waals surface area contributed by atoms with Crippen molar-refractivity contribution in [3.63, 3.8) is 0 Å². The molecular formula is C15H30N2O2. The van der Waals surface area contributed by atoms with E-state index in [-0.39, 0.29) is 5.91 Å². The molecule has 2 unspecified atom stereocenters. The first kappa shape index (κ1) is 16.4. The molecule has 1 heterocycles. The van der Waals surface area contributed by atoms with Crippen molar-refractivity contribution < 1.29 is 9.53 Å². The van der Waals surface area contributed by atoms with E-state index in [1.807, 2.05) is 0 Å². The zero-order valence-electron chi connectivity index (χ0n) is 12.5. The summed E-state index contributed by atoms with van der Waals surface area (Å²) in [6, 6.07) is 0. The summed E-state index contributed by atoms with van der Waals surface area (Å²) in [6.07, 6.45) is 5.38. The molecule has 2 N–H and O–H groups in total. The molecule has 1 amide bonds. The Morgan fingerprint density at radius 3 is 3.00 bits per heavy atom. The fraction of sp³-hybridized carbons (Fsp3) is 0.933. The third kappa shape index (κ3) is 7.53. The molecule has 0 aliphatic carbocycles. The molecule has 112 valence electrons. The quantitative estimate of drug-likeness (QED) is 0.630. The second-order valence-electron chi connectivity index (χ2n) is 5.60. The molecule has 1 fully saturated rings. The van der Waals surface area contributed by atoms with Crippen LogP contribution in [0.5, 0.6) is 0 Å². The van der Waals surface area contributed by atoms with Crippen LogP contribution in [0.15, 0.2) is 0 Å². The van der Waals surface area contributed by atoms with Crippen molar-refractivity contribution in [2.24, 2.45) is 11.8 Å². The average Bonchev–Trinajstić information content (AvgIpc) is 2.43. The van der Waals surface area contributed by atoms with Crippen LogP contribution in [0, 0.1) is 11.8 Å². The van der Waals surface area contributed by atoms with Gasteiger partial charge in [-0.05, 0) is 44.2 Å². The number of carbonyl (C=O) groups excluding carboxylic acids is 1. The Morgan fingerprint density at radius 2 is 2.32 bits per heavy atom. The van der Waals surface area contributed by atoms with Crippen molar-refractivity contribution in [3.05, 3.63) is 0 Å². The van der Waals surface area contributed by atoms with Gasteiger partial charge in [0.2, 0.25) is 5.91 Å². The zero-order chi connectivity index (χ0) is 13.9. The first-order valence-corrected chi connectivity index (χ1v) is 7.79. The van der Waals surface area contributed by atoms with Gasteiger partial charge in [-0.25, -0.2) is 0 Å². The molecule has 0 aromatic carbocycles. The Hall–Kier alpha value is -0.610. The highest BCUT2D eigenvalue weighted by Crippen LogP contribution is 2.22. The molecule has 1 aliphatic rings. The first-order valence-electron chi connectivity index (χ1n) is 7.79. The molecule has 0 spiro atoms. The fourth-order valence-electron chi connectivity index (χ4n) is 2.51. The largest absolute Gasteiger partial charge is 0.380 e. The van der Waals surface area contributed by atoms with Gasteiger partial charge in [0.1, 0.15) is 0 Å². The van der Waals surface area contributed by atoms with E-state index in [2.05, 4.69) is 24.5 Å².